The molecule has 7 nitrogen and oxygen atoms in total. The molecule has 2 rings (SSSR count). The summed E-state index contributed by atoms with van der Waals surface area (Å²) in [4.78, 5) is 12.2. The number of benzene rings is 1. The second-order valence-corrected chi connectivity index (χ2v) is 7.59. The molecule has 1 atom stereocenters. The summed E-state index contributed by atoms with van der Waals surface area (Å²) in [5.41, 5.74) is 0.364. The van der Waals surface area contributed by atoms with E-state index in [-0.39, 0.29) is 11.9 Å². The minimum absolute atomic E-state index is 0.0772. The minimum Gasteiger partial charge on any atom is -0.486 e. The van der Waals surface area contributed by atoms with Crippen molar-refractivity contribution >= 4 is 21.6 Å². The van der Waals surface area contributed by atoms with Gasteiger partial charge in [0.25, 0.3) is 0 Å². The zero-order valence-corrected chi connectivity index (χ0v) is 14.5. The van der Waals surface area contributed by atoms with Gasteiger partial charge in [0.15, 0.2) is 11.5 Å². The largest absolute Gasteiger partial charge is 0.486 e. The van der Waals surface area contributed by atoms with E-state index in [0.717, 1.165) is 10.6 Å². The van der Waals surface area contributed by atoms with Crippen molar-refractivity contribution in [2.24, 2.45) is 0 Å². The fourth-order valence-electron chi connectivity index (χ4n) is 2.38. The fourth-order valence-corrected chi connectivity index (χ4v) is 3.55. The van der Waals surface area contributed by atoms with Crippen LogP contribution in [0, 0.1) is 0 Å². The van der Waals surface area contributed by atoms with Crippen LogP contribution in [0.15, 0.2) is 18.2 Å². The monoisotopic (exact) mass is 342 g/mol. The first-order valence-electron chi connectivity index (χ1n) is 7.39. The van der Waals surface area contributed by atoms with Crippen molar-refractivity contribution in [1.82, 2.24) is 5.32 Å². The zero-order valence-electron chi connectivity index (χ0n) is 13.7. The highest BCUT2D eigenvalue weighted by atomic mass is 32.2. The molecule has 0 fully saturated rings. The van der Waals surface area contributed by atoms with Crippen LogP contribution in [-0.2, 0) is 14.8 Å². The van der Waals surface area contributed by atoms with Crippen molar-refractivity contribution in [1.29, 1.82) is 0 Å². The van der Waals surface area contributed by atoms with Crippen LogP contribution in [0.2, 0.25) is 0 Å². The summed E-state index contributed by atoms with van der Waals surface area (Å²) >= 11 is 0. The van der Waals surface area contributed by atoms with E-state index in [1.54, 1.807) is 25.1 Å². The Kier molecular flexibility index (Phi) is 5.03. The van der Waals surface area contributed by atoms with Gasteiger partial charge >= 0.3 is 0 Å². The van der Waals surface area contributed by atoms with Gasteiger partial charge in [0.2, 0.25) is 15.9 Å². The molecule has 0 aliphatic carbocycles. The molecule has 0 saturated carbocycles. The van der Waals surface area contributed by atoms with E-state index in [1.807, 2.05) is 13.8 Å². The van der Waals surface area contributed by atoms with Crippen LogP contribution >= 0.6 is 0 Å². The van der Waals surface area contributed by atoms with Gasteiger partial charge in [0.05, 0.1) is 11.9 Å². The summed E-state index contributed by atoms with van der Waals surface area (Å²) in [5, 5.41) is 2.73. The van der Waals surface area contributed by atoms with E-state index in [1.165, 1.54) is 0 Å². The number of carbonyl (C=O) groups excluding carboxylic acids is 1. The highest BCUT2D eigenvalue weighted by Crippen LogP contribution is 2.35. The molecule has 0 radical (unpaired) electrons. The van der Waals surface area contributed by atoms with Crippen molar-refractivity contribution in [2.45, 2.75) is 32.9 Å². The molecule has 0 bridgehead atoms. The van der Waals surface area contributed by atoms with Crippen LogP contribution in [0.4, 0.5) is 5.69 Å². The minimum atomic E-state index is -3.65. The van der Waals surface area contributed by atoms with Gasteiger partial charge in [-0.3, -0.25) is 9.10 Å². The predicted octanol–water partition coefficient (Wildman–Crippen LogP) is 1.14. The Hall–Kier alpha value is -1.96. The van der Waals surface area contributed by atoms with E-state index >= 15 is 0 Å². The molecule has 0 saturated heterocycles. The molecule has 0 unspecified atom stereocenters. The lowest BCUT2D eigenvalue weighted by Crippen LogP contribution is -2.49. The Morgan fingerprint density at radius 2 is 1.78 bits per heavy atom. The number of hydrogen-bond acceptors (Lipinski definition) is 5. The Labute approximate surface area is 136 Å². The van der Waals surface area contributed by atoms with Crippen LogP contribution in [0.3, 0.4) is 0 Å². The third kappa shape index (κ3) is 4.07. The van der Waals surface area contributed by atoms with E-state index in [0.29, 0.717) is 30.4 Å². The number of fused-ring (bicyclic) bond motifs is 1. The van der Waals surface area contributed by atoms with Crippen LogP contribution in [-0.4, -0.2) is 45.9 Å². The number of hydrogen-bond donors (Lipinski definition) is 1. The molecular weight excluding hydrogens is 320 g/mol. The van der Waals surface area contributed by atoms with E-state index in [9.17, 15) is 13.2 Å². The molecule has 1 aliphatic rings. The lowest BCUT2D eigenvalue weighted by atomic mass is 10.2. The number of nitrogens with one attached hydrogen (secondary N) is 1. The van der Waals surface area contributed by atoms with E-state index in [4.69, 9.17) is 9.47 Å². The first-order chi connectivity index (χ1) is 10.7. The molecule has 0 aromatic heterocycles. The molecular formula is C15H22N2O5S. The summed E-state index contributed by atoms with van der Waals surface area (Å²) in [5.74, 6) is 0.673. The molecule has 1 heterocycles. The summed E-state index contributed by atoms with van der Waals surface area (Å²) in [6.45, 7) is 6.04. The van der Waals surface area contributed by atoms with Gasteiger partial charge < -0.3 is 14.8 Å². The van der Waals surface area contributed by atoms with Gasteiger partial charge in [-0.15, -0.1) is 0 Å². The first kappa shape index (κ1) is 17.4. The van der Waals surface area contributed by atoms with Gasteiger partial charge in [-0.05, 0) is 32.9 Å². The van der Waals surface area contributed by atoms with Gasteiger partial charge in [0, 0.05) is 12.1 Å². The molecule has 128 valence electrons. The van der Waals surface area contributed by atoms with Crippen LogP contribution < -0.4 is 19.1 Å². The second kappa shape index (κ2) is 6.66. The fraction of sp³-hybridized carbons (Fsp3) is 0.533. The summed E-state index contributed by atoms with van der Waals surface area (Å²) < 4.78 is 36.4. The third-order valence-corrected chi connectivity index (χ3v) is 4.54. The average molecular weight is 342 g/mol. The van der Waals surface area contributed by atoms with Gasteiger partial charge in [0.1, 0.15) is 19.3 Å². The lowest BCUT2D eigenvalue weighted by molar-refractivity contribution is -0.122. The number of amides is 1. The number of ether oxygens (including phenoxy) is 2. The SMILES string of the molecule is CC(C)NC(=O)[C@H](C)N(c1ccc2c(c1)OCCO2)S(C)(=O)=O. The average Bonchev–Trinajstić information content (AvgIpc) is 2.45. The van der Waals surface area contributed by atoms with Crippen molar-refractivity contribution in [3.63, 3.8) is 0 Å². The van der Waals surface area contributed by atoms with Crippen molar-refractivity contribution in [3.05, 3.63) is 18.2 Å². The van der Waals surface area contributed by atoms with Crippen LogP contribution in [0.5, 0.6) is 11.5 Å². The maximum absolute atomic E-state index is 12.2. The molecule has 1 N–H and O–H groups in total. The van der Waals surface area contributed by atoms with E-state index in [2.05, 4.69) is 5.32 Å². The number of anilines is 1. The molecule has 23 heavy (non-hydrogen) atoms. The molecule has 1 amide bonds. The standard InChI is InChI=1S/C15H22N2O5S/c1-10(2)16-15(18)11(3)17(23(4,19)20)12-5-6-13-14(9-12)22-8-7-21-13/h5-6,9-11H,7-8H2,1-4H3,(H,16,18)/t11-/m0/s1. The highest BCUT2D eigenvalue weighted by molar-refractivity contribution is 7.92. The van der Waals surface area contributed by atoms with E-state index < -0.39 is 16.1 Å². The maximum Gasteiger partial charge on any atom is 0.243 e. The normalized spacial score (nSPS) is 15.2. The molecule has 0 spiro atoms. The van der Waals surface area contributed by atoms with Crippen LogP contribution in [0.25, 0.3) is 0 Å². The predicted molar refractivity (Wildman–Crippen MR) is 87.5 cm³/mol. The Bertz CT molecular complexity index is 687. The number of rotatable bonds is 5. The quantitative estimate of drug-likeness (QED) is 0.867. The summed E-state index contributed by atoms with van der Waals surface area (Å²) in [7, 11) is -3.65. The smallest absolute Gasteiger partial charge is 0.243 e. The second-order valence-electron chi connectivity index (χ2n) is 5.73. The zero-order chi connectivity index (χ0) is 17.2. The van der Waals surface area contributed by atoms with Gasteiger partial charge in [-0.25, -0.2) is 8.42 Å². The maximum atomic E-state index is 12.2. The first-order valence-corrected chi connectivity index (χ1v) is 9.24. The molecule has 1 aromatic carbocycles. The number of nitrogens with zero attached hydrogens (tertiary/aromatic N) is 1. The van der Waals surface area contributed by atoms with Crippen molar-refractivity contribution in [3.8, 4) is 11.5 Å². The third-order valence-electron chi connectivity index (χ3n) is 3.30. The molecule has 8 heteroatoms. The van der Waals surface area contributed by atoms with Crippen molar-refractivity contribution < 1.29 is 22.7 Å². The lowest BCUT2D eigenvalue weighted by Gasteiger charge is -2.30. The number of carbonyl (C=O) groups is 1. The summed E-state index contributed by atoms with van der Waals surface area (Å²) in [6, 6.07) is 3.87. The Balaban J connectivity index is 2.38. The van der Waals surface area contributed by atoms with Gasteiger partial charge in [-0.2, -0.15) is 0 Å². The summed E-state index contributed by atoms with van der Waals surface area (Å²) in [6.07, 6.45) is 1.07. The number of sulfonamides is 1. The topological polar surface area (TPSA) is 84.9 Å². The highest BCUT2D eigenvalue weighted by Gasteiger charge is 2.30. The Morgan fingerprint density at radius 3 is 2.35 bits per heavy atom. The van der Waals surface area contributed by atoms with Crippen molar-refractivity contribution in [2.75, 3.05) is 23.8 Å². The Morgan fingerprint density at radius 1 is 1.17 bits per heavy atom. The molecule has 1 aromatic rings. The van der Waals surface area contributed by atoms with Crippen LogP contribution in [0.1, 0.15) is 20.8 Å². The molecule has 1 aliphatic heterocycles. The van der Waals surface area contributed by atoms with Gasteiger partial charge in [-0.1, -0.05) is 0 Å².